The Balaban J connectivity index is 2.25. The highest BCUT2D eigenvalue weighted by Gasteiger charge is 2.05. The van der Waals surface area contributed by atoms with Gasteiger partial charge in [0, 0.05) is 31.6 Å². The lowest BCUT2D eigenvalue weighted by Crippen LogP contribution is -2.33. The van der Waals surface area contributed by atoms with Crippen molar-refractivity contribution in [3.8, 4) is 5.75 Å². The van der Waals surface area contributed by atoms with E-state index in [2.05, 4.69) is 10.6 Å². The van der Waals surface area contributed by atoms with Crippen molar-refractivity contribution in [2.45, 2.75) is 39.3 Å². The fourth-order valence-corrected chi connectivity index (χ4v) is 1.62. The van der Waals surface area contributed by atoms with Crippen molar-refractivity contribution in [2.24, 2.45) is 0 Å². The molecule has 0 aliphatic rings. The molecule has 1 rings (SSSR count). The molecule has 1 aromatic rings. The van der Waals surface area contributed by atoms with Gasteiger partial charge in [-0.25, -0.2) is 4.39 Å². The van der Waals surface area contributed by atoms with Crippen LogP contribution in [0.3, 0.4) is 0 Å². The summed E-state index contributed by atoms with van der Waals surface area (Å²) in [7, 11) is 0. The van der Waals surface area contributed by atoms with Crippen LogP contribution in [0, 0.1) is 5.82 Å². The minimum atomic E-state index is -0.466. The zero-order valence-electron chi connectivity index (χ0n) is 11.4. The summed E-state index contributed by atoms with van der Waals surface area (Å²) in [6.45, 7) is 4.90. The van der Waals surface area contributed by atoms with E-state index in [1.165, 1.54) is 12.1 Å². The summed E-state index contributed by atoms with van der Waals surface area (Å²) >= 11 is 0. The van der Waals surface area contributed by atoms with E-state index < -0.39 is 5.82 Å². The topological polar surface area (TPSA) is 61.4 Å². The third kappa shape index (κ3) is 6.20. The molecular formula is C14H21FN2O2. The highest BCUT2D eigenvalue weighted by Crippen LogP contribution is 2.14. The molecule has 1 atom stereocenters. The summed E-state index contributed by atoms with van der Waals surface area (Å²) in [5.74, 6) is -0.554. The van der Waals surface area contributed by atoms with Gasteiger partial charge in [-0.15, -0.1) is 0 Å². The highest BCUT2D eigenvalue weighted by atomic mass is 19.1. The van der Waals surface area contributed by atoms with Gasteiger partial charge in [-0.05, 0) is 31.0 Å². The van der Waals surface area contributed by atoms with Gasteiger partial charge in [-0.3, -0.25) is 4.79 Å². The Morgan fingerprint density at radius 1 is 1.42 bits per heavy atom. The van der Waals surface area contributed by atoms with E-state index in [0.717, 1.165) is 12.5 Å². The first-order valence-corrected chi connectivity index (χ1v) is 6.49. The summed E-state index contributed by atoms with van der Waals surface area (Å²) in [5, 5.41) is 15.1. The van der Waals surface area contributed by atoms with Crippen LogP contribution in [0.5, 0.6) is 5.75 Å². The Labute approximate surface area is 113 Å². The van der Waals surface area contributed by atoms with E-state index in [-0.39, 0.29) is 17.7 Å². The minimum absolute atomic E-state index is 0.00365. The lowest BCUT2D eigenvalue weighted by Gasteiger charge is -2.11. The van der Waals surface area contributed by atoms with Crippen LogP contribution in [-0.4, -0.2) is 23.6 Å². The molecule has 0 spiro atoms. The largest absolute Gasteiger partial charge is 0.508 e. The second kappa shape index (κ2) is 7.74. The molecule has 3 N–H and O–H groups in total. The van der Waals surface area contributed by atoms with E-state index in [9.17, 15) is 14.3 Å². The number of hydrogen-bond acceptors (Lipinski definition) is 3. The van der Waals surface area contributed by atoms with Crippen molar-refractivity contribution in [3.63, 3.8) is 0 Å². The van der Waals surface area contributed by atoms with Crippen molar-refractivity contribution in [1.29, 1.82) is 0 Å². The molecule has 0 heterocycles. The first kappa shape index (κ1) is 15.4. The van der Waals surface area contributed by atoms with Gasteiger partial charge < -0.3 is 15.7 Å². The van der Waals surface area contributed by atoms with Gasteiger partial charge in [0.25, 0.3) is 0 Å². The fraction of sp³-hybridized carbons (Fsp3) is 0.500. The summed E-state index contributed by atoms with van der Waals surface area (Å²) in [6, 6.07) is 4.09. The van der Waals surface area contributed by atoms with E-state index in [1.807, 2.05) is 13.8 Å². The predicted octanol–water partition coefficient (Wildman–Crippen LogP) is 1.93. The number of benzene rings is 1. The fourth-order valence-electron chi connectivity index (χ4n) is 1.62. The number of carbonyl (C=O) groups excluding carboxylic acids is 1. The van der Waals surface area contributed by atoms with Crippen LogP contribution in [0.1, 0.15) is 32.3 Å². The van der Waals surface area contributed by atoms with Crippen molar-refractivity contribution >= 4 is 5.91 Å². The zero-order chi connectivity index (χ0) is 14.3. The van der Waals surface area contributed by atoms with Crippen LogP contribution < -0.4 is 10.6 Å². The van der Waals surface area contributed by atoms with Gasteiger partial charge >= 0.3 is 0 Å². The molecule has 1 aromatic carbocycles. The van der Waals surface area contributed by atoms with Gasteiger partial charge in [-0.2, -0.15) is 0 Å². The van der Waals surface area contributed by atoms with Crippen LogP contribution in [0.25, 0.3) is 0 Å². The molecule has 5 heteroatoms. The summed E-state index contributed by atoms with van der Waals surface area (Å²) in [6.07, 6.45) is 1.29. The van der Waals surface area contributed by atoms with Gasteiger partial charge in [0.15, 0.2) is 0 Å². The number of nitrogens with one attached hydrogen (secondary N) is 2. The van der Waals surface area contributed by atoms with E-state index in [0.29, 0.717) is 25.1 Å². The van der Waals surface area contributed by atoms with Gasteiger partial charge in [0.2, 0.25) is 5.91 Å². The third-order valence-corrected chi connectivity index (χ3v) is 2.82. The van der Waals surface area contributed by atoms with Gasteiger partial charge in [0.05, 0.1) is 0 Å². The van der Waals surface area contributed by atoms with Gasteiger partial charge in [0.1, 0.15) is 11.6 Å². The van der Waals surface area contributed by atoms with Crippen LogP contribution in [0.15, 0.2) is 18.2 Å². The number of halogens is 1. The Kier molecular flexibility index (Phi) is 6.29. The number of phenolic OH excluding ortho intramolecular Hbond substituents is 1. The monoisotopic (exact) mass is 268 g/mol. The number of aromatic hydroxyl groups is 1. The zero-order valence-corrected chi connectivity index (χ0v) is 11.4. The first-order chi connectivity index (χ1) is 9.01. The lowest BCUT2D eigenvalue weighted by molar-refractivity contribution is -0.121. The number of carbonyl (C=O) groups is 1. The normalized spacial score (nSPS) is 12.2. The first-order valence-electron chi connectivity index (χ1n) is 6.49. The molecule has 0 aromatic heterocycles. The molecule has 0 radical (unpaired) electrons. The number of amides is 1. The van der Waals surface area contributed by atoms with E-state index in [4.69, 9.17) is 0 Å². The van der Waals surface area contributed by atoms with Crippen LogP contribution in [0.4, 0.5) is 4.39 Å². The smallest absolute Gasteiger partial charge is 0.221 e. The van der Waals surface area contributed by atoms with Crippen LogP contribution in [-0.2, 0) is 11.3 Å². The predicted molar refractivity (Wildman–Crippen MR) is 72.3 cm³/mol. The number of rotatable bonds is 7. The number of hydrogen-bond donors (Lipinski definition) is 3. The molecule has 0 fully saturated rings. The van der Waals surface area contributed by atoms with Crippen molar-refractivity contribution in [1.82, 2.24) is 10.6 Å². The minimum Gasteiger partial charge on any atom is -0.508 e. The molecule has 0 saturated carbocycles. The molecule has 0 saturated heterocycles. The molecule has 0 aliphatic heterocycles. The molecule has 19 heavy (non-hydrogen) atoms. The quantitative estimate of drug-likeness (QED) is 0.662. The summed E-state index contributed by atoms with van der Waals surface area (Å²) in [5.41, 5.74) is 0.653. The lowest BCUT2D eigenvalue weighted by atomic mass is 10.2. The van der Waals surface area contributed by atoms with E-state index in [1.54, 1.807) is 0 Å². The molecule has 0 bridgehead atoms. The van der Waals surface area contributed by atoms with Crippen molar-refractivity contribution in [2.75, 3.05) is 6.54 Å². The van der Waals surface area contributed by atoms with Crippen LogP contribution in [0.2, 0.25) is 0 Å². The highest BCUT2D eigenvalue weighted by molar-refractivity contribution is 5.76. The molecule has 106 valence electrons. The van der Waals surface area contributed by atoms with Crippen molar-refractivity contribution in [3.05, 3.63) is 29.6 Å². The molecular weight excluding hydrogens is 247 g/mol. The van der Waals surface area contributed by atoms with Crippen molar-refractivity contribution < 1.29 is 14.3 Å². The SMILES string of the molecule is CCC(C)NC(=O)CCNCc1cc(O)cc(F)c1. The molecule has 1 unspecified atom stereocenters. The Morgan fingerprint density at radius 3 is 2.79 bits per heavy atom. The second-order valence-electron chi connectivity index (χ2n) is 4.62. The molecule has 0 aliphatic carbocycles. The Hall–Kier alpha value is -1.62. The molecule has 4 nitrogen and oxygen atoms in total. The Bertz CT molecular complexity index is 404. The maximum Gasteiger partial charge on any atom is 0.221 e. The maximum atomic E-state index is 13.0. The Morgan fingerprint density at radius 2 is 2.16 bits per heavy atom. The third-order valence-electron chi connectivity index (χ3n) is 2.82. The average Bonchev–Trinajstić information content (AvgIpc) is 2.33. The maximum absolute atomic E-state index is 13.0. The summed E-state index contributed by atoms with van der Waals surface area (Å²) < 4.78 is 13.0. The van der Waals surface area contributed by atoms with E-state index >= 15 is 0 Å². The average molecular weight is 268 g/mol. The standard InChI is InChI=1S/C14H21FN2O2/c1-3-10(2)17-14(19)4-5-16-9-11-6-12(15)8-13(18)7-11/h6-8,10,16,18H,3-5,9H2,1-2H3,(H,17,19). The molecule has 1 amide bonds. The summed E-state index contributed by atoms with van der Waals surface area (Å²) in [4.78, 5) is 11.5. The van der Waals surface area contributed by atoms with Crippen LogP contribution >= 0.6 is 0 Å². The van der Waals surface area contributed by atoms with Gasteiger partial charge in [-0.1, -0.05) is 6.92 Å². The number of phenols is 1. The second-order valence-corrected chi connectivity index (χ2v) is 4.62.